The van der Waals surface area contributed by atoms with Crippen molar-refractivity contribution in [2.75, 3.05) is 13.1 Å². The number of ether oxygens (including phenoxy) is 1. The van der Waals surface area contributed by atoms with Gasteiger partial charge in [-0.25, -0.2) is 0 Å². The van der Waals surface area contributed by atoms with Gasteiger partial charge in [0.15, 0.2) is 5.69 Å². The first kappa shape index (κ1) is 19.7. The van der Waals surface area contributed by atoms with Crippen LogP contribution in [0.25, 0.3) is 0 Å². The molecule has 7 nitrogen and oxygen atoms in total. The van der Waals surface area contributed by atoms with Gasteiger partial charge < -0.3 is 15.4 Å². The van der Waals surface area contributed by atoms with Gasteiger partial charge in [0.05, 0.1) is 11.3 Å². The van der Waals surface area contributed by atoms with Crippen LogP contribution in [0.2, 0.25) is 0 Å². The number of rotatable bonds is 5. The minimum atomic E-state index is -4.45. The quantitative estimate of drug-likeness (QED) is 0.810. The molecule has 2 aromatic rings. The standard InChI is InChI=1S/C18H19F3N4O3/c19-18(20,21)12-2-1-3-14(8-12)28-10-13-9-15(24-23-13)17(27)25-6-4-11(5-7-25)16(22)26/h1-3,8-9,11H,4-7,10H2,(H2,22,26)(H,23,24). The number of hydrogen-bond acceptors (Lipinski definition) is 4. The molecule has 0 aliphatic carbocycles. The Balaban J connectivity index is 1.57. The van der Waals surface area contributed by atoms with Gasteiger partial charge in [0.2, 0.25) is 5.91 Å². The summed E-state index contributed by atoms with van der Waals surface area (Å²) >= 11 is 0. The van der Waals surface area contributed by atoms with E-state index in [4.69, 9.17) is 10.5 Å². The molecule has 1 aromatic heterocycles. The number of hydrogen-bond donors (Lipinski definition) is 2. The topological polar surface area (TPSA) is 101 Å². The Morgan fingerprint density at radius 1 is 1.25 bits per heavy atom. The fourth-order valence-electron chi connectivity index (χ4n) is 3.00. The number of nitrogens with one attached hydrogen (secondary N) is 1. The van der Waals surface area contributed by atoms with E-state index in [1.807, 2.05) is 0 Å². The van der Waals surface area contributed by atoms with Crippen molar-refractivity contribution >= 4 is 11.8 Å². The summed E-state index contributed by atoms with van der Waals surface area (Å²) in [4.78, 5) is 25.3. The van der Waals surface area contributed by atoms with E-state index in [2.05, 4.69) is 10.2 Å². The molecule has 2 heterocycles. The number of aromatic nitrogens is 2. The average Bonchev–Trinajstić information content (AvgIpc) is 3.14. The van der Waals surface area contributed by atoms with E-state index in [1.165, 1.54) is 18.2 Å². The SMILES string of the molecule is NC(=O)C1CCN(C(=O)c2cc(COc3cccc(C(F)(F)F)c3)[nH]n2)CC1. The summed E-state index contributed by atoms with van der Waals surface area (Å²) in [6.45, 7) is 0.760. The summed E-state index contributed by atoms with van der Waals surface area (Å²) in [5.41, 5.74) is 5.11. The predicted molar refractivity (Wildman–Crippen MR) is 92.2 cm³/mol. The molecule has 150 valence electrons. The number of likely N-dealkylation sites (tertiary alicyclic amines) is 1. The van der Waals surface area contributed by atoms with Gasteiger partial charge in [-0.1, -0.05) is 6.07 Å². The van der Waals surface area contributed by atoms with Gasteiger partial charge in [0.25, 0.3) is 5.91 Å². The molecule has 28 heavy (non-hydrogen) atoms. The smallest absolute Gasteiger partial charge is 0.416 e. The number of H-pyrrole nitrogens is 1. The maximum Gasteiger partial charge on any atom is 0.416 e. The van der Waals surface area contributed by atoms with Crippen LogP contribution in [0.5, 0.6) is 5.75 Å². The summed E-state index contributed by atoms with van der Waals surface area (Å²) in [5, 5.41) is 6.60. The fourth-order valence-corrected chi connectivity index (χ4v) is 3.00. The van der Waals surface area contributed by atoms with Crippen molar-refractivity contribution in [3.05, 3.63) is 47.3 Å². The summed E-state index contributed by atoms with van der Waals surface area (Å²) < 4.78 is 43.5. The highest BCUT2D eigenvalue weighted by Gasteiger charge is 2.31. The highest BCUT2D eigenvalue weighted by molar-refractivity contribution is 5.92. The molecular weight excluding hydrogens is 377 g/mol. The third-order valence-electron chi connectivity index (χ3n) is 4.59. The molecule has 2 amide bonds. The third kappa shape index (κ3) is 4.62. The number of amides is 2. The molecule has 1 aliphatic heterocycles. The molecule has 0 bridgehead atoms. The van der Waals surface area contributed by atoms with Crippen LogP contribution in [-0.4, -0.2) is 40.0 Å². The molecule has 3 N–H and O–H groups in total. The third-order valence-corrected chi connectivity index (χ3v) is 4.59. The van der Waals surface area contributed by atoms with Crippen molar-refractivity contribution in [1.29, 1.82) is 0 Å². The Labute approximate surface area is 158 Å². The molecule has 0 atom stereocenters. The minimum Gasteiger partial charge on any atom is -0.487 e. The summed E-state index contributed by atoms with van der Waals surface area (Å²) in [7, 11) is 0. The van der Waals surface area contributed by atoms with Crippen LogP contribution in [0.1, 0.15) is 34.6 Å². The largest absolute Gasteiger partial charge is 0.487 e. The second-order valence-electron chi connectivity index (χ2n) is 6.56. The Morgan fingerprint density at radius 2 is 1.96 bits per heavy atom. The Bertz CT molecular complexity index is 858. The van der Waals surface area contributed by atoms with Crippen molar-refractivity contribution in [1.82, 2.24) is 15.1 Å². The number of carbonyl (C=O) groups excluding carboxylic acids is 2. The number of nitrogens with zero attached hydrogens (tertiary/aromatic N) is 2. The average molecular weight is 396 g/mol. The minimum absolute atomic E-state index is 0.0609. The maximum absolute atomic E-state index is 12.7. The molecule has 0 unspecified atom stereocenters. The second kappa shape index (κ2) is 7.91. The monoisotopic (exact) mass is 396 g/mol. The lowest BCUT2D eigenvalue weighted by Gasteiger charge is -2.29. The van der Waals surface area contributed by atoms with E-state index >= 15 is 0 Å². The molecule has 0 spiro atoms. The maximum atomic E-state index is 12.7. The van der Waals surface area contributed by atoms with E-state index in [1.54, 1.807) is 4.90 Å². The highest BCUT2D eigenvalue weighted by Crippen LogP contribution is 2.31. The van der Waals surface area contributed by atoms with Crippen molar-refractivity contribution in [2.45, 2.75) is 25.6 Å². The van der Waals surface area contributed by atoms with Crippen molar-refractivity contribution in [2.24, 2.45) is 11.7 Å². The molecule has 1 aromatic carbocycles. The van der Waals surface area contributed by atoms with E-state index in [-0.39, 0.29) is 35.8 Å². The van der Waals surface area contributed by atoms with Crippen LogP contribution in [0.15, 0.2) is 30.3 Å². The van der Waals surface area contributed by atoms with Gasteiger partial charge >= 0.3 is 6.18 Å². The number of nitrogens with two attached hydrogens (primary N) is 1. The van der Waals surface area contributed by atoms with Gasteiger partial charge in [-0.15, -0.1) is 0 Å². The first-order chi connectivity index (χ1) is 13.2. The molecule has 1 aliphatic rings. The Hall–Kier alpha value is -3.04. The number of piperidine rings is 1. The number of halogens is 3. The zero-order valence-electron chi connectivity index (χ0n) is 14.8. The normalized spacial score (nSPS) is 15.5. The number of carbonyl (C=O) groups is 2. The predicted octanol–water partition coefficient (Wildman–Crippen LogP) is 2.34. The zero-order valence-corrected chi connectivity index (χ0v) is 14.8. The number of benzene rings is 1. The molecular formula is C18H19F3N4O3. The molecule has 0 saturated carbocycles. The fraction of sp³-hybridized carbons (Fsp3) is 0.389. The Morgan fingerprint density at radius 3 is 2.61 bits per heavy atom. The van der Waals surface area contributed by atoms with E-state index in [0.717, 1.165) is 12.1 Å². The first-order valence-corrected chi connectivity index (χ1v) is 8.67. The molecule has 3 rings (SSSR count). The molecule has 1 saturated heterocycles. The van der Waals surface area contributed by atoms with Gasteiger partial charge in [-0.2, -0.15) is 18.3 Å². The van der Waals surface area contributed by atoms with Crippen LogP contribution in [0.4, 0.5) is 13.2 Å². The van der Waals surface area contributed by atoms with Gasteiger partial charge in [-0.05, 0) is 37.1 Å². The summed E-state index contributed by atoms with van der Waals surface area (Å²) in [5.74, 6) is -0.809. The Kier molecular flexibility index (Phi) is 5.57. The number of alkyl halides is 3. The van der Waals surface area contributed by atoms with Gasteiger partial charge in [0, 0.05) is 19.0 Å². The van der Waals surface area contributed by atoms with E-state index < -0.39 is 11.7 Å². The van der Waals surface area contributed by atoms with Crippen molar-refractivity contribution in [3.63, 3.8) is 0 Å². The number of aromatic amines is 1. The summed E-state index contributed by atoms with van der Waals surface area (Å²) in [6.07, 6.45) is -3.43. The number of primary amides is 1. The lowest BCUT2D eigenvalue weighted by atomic mass is 9.96. The molecule has 10 heteroatoms. The van der Waals surface area contributed by atoms with Gasteiger partial charge in [-0.3, -0.25) is 14.7 Å². The lowest BCUT2D eigenvalue weighted by molar-refractivity contribution is -0.137. The van der Waals surface area contributed by atoms with E-state index in [0.29, 0.717) is 31.6 Å². The van der Waals surface area contributed by atoms with Crippen LogP contribution in [0.3, 0.4) is 0 Å². The van der Waals surface area contributed by atoms with Crippen molar-refractivity contribution < 1.29 is 27.5 Å². The highest BCUT2D eigenvalue weighted by atomic mass is 19.4. The van der Waals surface area contributed by atoms with Crippen LogP contribution < -0.4 is 10.5 Å². The van der Waals surface area contributed by atoms with Crippen LogP contribution >= 0.6 is 0 Å². The second-order valence-corrected chi connectivity index (χ2v) is 6.56. The molecule has 1 fully saturated rings. The van der Waals surface area contributed by atoms with E-state index in [9.17, 15) is 22.8 Å². The lowest BCUT2D eigenvalue weighted by Crippen LogP contribution is -2.41. The van der Waals surface area contributed by atoms with Gasteiger partial charge in [0.1, 0.15) is 12.4 Å². The summed E-state index contributed by atoms with van der Waals surface area (Å²) in [6, 6.07) is 6.04. The van der Waals surface area contributed by atoms with Crippen molar-refractivity contribution in [3.8, 4) is 5.75 Å². The molecule has 0 radical (unpaired) electrons. The zero-order chi connectivity index (χ0) is 20.3. The van der Waals surface area contributed by atoms with Crippen LogP contribution in [-0.2, 0) is 17.6 Å². The first-order valence-electron chi connectivity index (χ1n) is 8.67. The van der Waals surface area contributed by atoms with Crippen LogP contribution in [0, 0.1) is 5.92 Å².